The molecular formula is C16H19N3O. The van der Waals surface area contributed by atoms with E-state index in [9.17, 15) is 4.79 Å². The second-order valence-electron chi connectivity index (χ2n) is 4.64. The number of aromatic nitrogens is 1. The summed E-state index contributed by atoms with van der Waals surface area (Å²) in [6, 6.07) is 11.5. The average Bonchev–Trinajstić information content (AvgIpc) is 2.50. The summed E-state index contributed by atoms with van der Waals surface area (Å²) >= 11 is 0. The topological polar surface area (TPSA) is 59.2 Å². The van der Waals surface area contributed by atoms with E-state index in [1.807, 2.05) is 44.2 Å². The largest absolute Gasteiger partial charge is 0.326 e. The Morgan fingerprint density at radius 3 is 2.40 bits per heavy atom. The molecule has 0 radical (unpaired) electrons. The smallest absolute Gasteiger partial charge is 0.276 e. The van der Waals surface area contributed by atoms with Crippen molar-refractivity contribution >= 4 is 11.6 Å². The zero-order valence-electron chi connectivity index (χ0n) is 11.8. The number of nitrogens with zero attached hydrogens (tertiary/aromatic N) is 2. The molecule has 104 valence electrons. The number of hydrogen-bond acceptors (Lipinski definition) is 3. The van der Waals surface area contributed by atoms with Crippen LogP contribution in [0.25, 0.3) is 0 Å². The van der Waals surface area contributed by atoms with E-state index in [0.717, 1.165) is 11.3 Å². The van der Waals surface area contributed by atoms with Gasteiger partial charge in [0.25, 0.3) is 5.91 Å². The van der Waals surface area contributed by atoms with E-state index in [0.29, 0.717) is 18.8 Å². The number of anilines is 1. The lowest BCUT2D eigenvalue weighted by molar-refractivity contribution is 0.0983. The molecule has 0 unspecified atom stereocenters. The Bertz CT molecular complexity index is 576. The molecule has 2 N–H and O–H groups in total. The minimum absolute atomic E-state index is 0.0973. The standard InChI is InChI=1S/C16H19N3O/c1-3-19(14-7-4-12(2)5-8-14)16(20)15-9-6-13(10-17)11-18-15/h4-9,11H,3,10,17H2,1-2H3. The first kappa shape index (κ1) is 14.2. The summed E-state index contributed by atoms with van der Waals surface area (Å²) in [6.07, 6.45) is 1.65. The molecule has 0 aliphatic carbocycles. The zero-order chi connectivity index (χ0) is 14.5. The highest BCUT2D eigenvalue weighted by atomic mass is 16.2. The molecule has 1 heterocycles. The first-order valence-corrected chi connectivity index (χ1v) is 6.69. The van der Waals surface area contributed by atoms with E-state index < -0.39 is 0 Å². The molecule has 0 atom stereocenters. The third-order valence-electron chi connectivity index (χ3n) is 3.19. The Kier molecular flexibility index (Phi) is 4.48. The molecule has 0 spiro atoms. The predicted octanol–water partition coefficient (Wildman–Crippen LogP) is 2.52. The molecule has 2 aromatic rings. The van der Waals surface area contributed by atoms with Crippen molar-refractivity contribution in [1.82, 2.24) is 4.98 Å². The lowest BCUT2D eigenvalue weighted by Crippen LogP contribution is -2.31. The van der Waals surface area contributed by atoms with Crippen molar-refractivity contribution in [1.29, 1.82) is 0 Å². The molecule has 0 bridgehead atoms. The molecule has 1 aromatic carbocycles. The molecule has 0 fully saturated rings. The van der Waals surface area contributed by atoms with Crippen LogP contribution in [0.3, 0.4) is 0 Å². The van der Waals surface area contributed by atoms with Crippen LogP contribution in [0.1, 0.15) is 28.5 Å². The van der Waals surface area contributed by atoms with Gasteiger partial charge in [-0.25, -0.2) is 0 Å². The number of pyridine rings is 1. The maximum atomic E-state index is 12.5. The highest BCUT2D eigenvalue weighted by Gasteiger charge is 2.16. The van der Waals surface area contributed by atoms with Gasteiger partial charge in [-0.15, -0.1) is 0 Å². The molecule has 1 aromatic heterocycles. The second-order valence-corrected chi connectivity index (χ2v) is 4.64. The molecule has 4 heteroatoms. The van der Waals surface area contributed by atoms with Gasteiger partial charge in [-0.2, -0.15) is 0 Å². The predicted molar refractivity (Wildman–Crippen MR) is 80.7 cm³/mol. The number of rotatable bonds is 4. The molecule has 0 aliphatic heterocycles. The summed E-state index contributed by atoms with van der Waals surface area (Å²) in [5, 5.41) is 0. The molecule has 4 nitrogen and oxygen atoms in total. The van der Waals surface area contributed by atoms with E-state index in [-0.39, 0.29) is 5.91 Å². The molecule has 1 amide bonds. The highest BCUT2D eigenvalue weighted by molar-refractivity contribution is 6.04. The summed E-state index contributed by atoms with van der Waals surface area (Å²) in [7, 11) is 0. The number of hydrogen-bond donors (Lipinski definition) is 1. The maximum absolute atomic E-state index is 12.5. The Morgan fingerprint density at radius 1 is 1.20 bits per heavy atom. The zero-order valence-corrected chi connectivity index (χ0v) is 11.8. The lowest BCUT2D eigenvalue weighted by Gasteiger charge is -2.20. The van der Waals surface area contributed by atoms with Crippen LogP contribution in [0, 0.1) is 6.92 Å². The number of carbonyl (C=O) groups is 1. The number of amides is 1. The van der Waals surface area contributed by atoms with Crippen LogP contribution in [0.4, 0.5) is 5.69 Å². The van der Waals surface area contributed by atoms with Gasteiger partial charge in [0.2, 0.25) is 0 Å². The SMILES string of the molecule is CCN(C(=O)c1ccc(CN)cn1)c1ccc(C)cc1. The van der Waals surface area contributed by atoms with Gasteiger partial charge >= 0.3 is 0 Å². The van der Waals surface area contributed by atoms with Crippen LogP contribution in [0.15, 0.2) is 42.6 Å². The van der Waals surface area contributed by atoms with Crippen molar-refractivity contribution in [2.24, 2.45) is 5.73 Å². The summed E-state index contributed by atoms with van der Waals surface area (Å²) in [5.41, 5.74) is 8.93. The van der Waals surface area contributed by atoms with Crippen molar-refractivity contribution in [3.05, 3.63) is 59.4 Å². The van der Waals surface area contributed by atoms with Crippen LogP contribution in [-0.2, 0) is 6.54 Å². The van der Waals surface area contributed by atoms with E-state index in [1.54, 1.807) is 17.2 Å². The van der Waals surface area contributed by atoms with Gasteiger partial charge in [-0.05, 0) is 37.6 Å². The van der Waals surface area contributed by atoms with Crippen molar-refractivity contribution in [3.8, 4) is 0 Å². The van der Waals surface area contributed by atoms with Crippen LogP contribution in [0.2, 0.25) is 0 Å². The number of aryl methyl sites for hydroxylation is 1. The van der Waals surface area contributed by atoms with Crippen molar-refractivity contribution in [3.63, 3.8) is 0 Å². The number of benzene rings is 1. The molecule has 20 heavy (non-hydrogen) atoms. The fourth-order valence-electron chi connectivity index (χ4n) is 1.98. The summed E-state index contributed by atoms with van der Waals surface area (Å²) in [5.74, 6) is -0.0973. The summed E-state index contributed by atoms with van der Waals surface area (Å²) in [4.78, 5) is 18.4. The fourth-order valence-corrected chi connectivity index (χ4v) is 1.98. The number of carbonyl (C=O) groups excluding carboxylic acids is 1. The summed E-state index contributed by atoms with van der Waals surface area (Å²) in [6.45, 7) is 5.00. The van der Waals surface area contributed by atoms with E-state index in [1.165, 1.54) is 5.56 Å². The van der Waals surface area contributed by atoms with E-state index in [2.05, 4.69) is 4.98 Å². The third-order valence-corrected chi connectivity index (χ3v) is 3.19. The average molecular weight is 269 g/mol. The van der Waals surface area contributed by atoms with Gasteiger partial charge < -0.3 is 10.6 Å². The molecule has 0 saturated carbocycles. The lowest BCUT2D eigenvalue weighted by atomic mass is 10.2. The fraction of sp³-hybridized carbons (Fsp3) is 0.250. The monoisotopic (exact) mass is 269 g/mol. The Balaban J connectivity index is 2.26. The number of nitrogens with two attached hydrogens (primary N) is 1. The van der Waals surface area contributed by atoms with Gasteiger partial charge in [0.1, 0.15) is 5.69 Å². The molecule has 2 rings (SSSR count). The minimum atomic E-state index is -0.0973. The molecular weight excluding hydrogens is 250 g/mol. The summed E-state index contributed by atoms with van der Waals surface area (Å²) < 4.78 is 0. The van der Waals surface area contributed by atoms with Crippen molar-refractivity contribution in [2.75, 3.05) is 11.4 Å². The van der Waals surface area contributed by atoms with Gasteiger partial charge in [-0.3, -0.25) is 9.78 Å². The van der Waals surface area contributed by atoms with Gasteiger partial charge in [0, 0.05) is 25.0 Å². The Labute approximate surface area is 119 Å². The normalized spacial score (nSPS) is 10.3. The highest BCUT2D eigenvalue weighted by Crippen LogP contribution is 2.17. The van der Waals surface area contributed by atoms with Crippen LogP contribution in [0.5, 0.6) is 0 Å². The van der Waals surface area contributed by atoms with Crippen LogP contribution < -0.4 is 10.6 Å². The van der Waals surface area contributed by atoms with E-state index >= 15 is 0 Å². The molecule has 0 aliphatic rings. The van der Waals surface area contributed by atoms with Gasteiger partial charge in [0.05, 0.1) is 0 Å². The Morgan fingerprint density at radius 2 is 1.90 bits per heavy atom. The van der Waals surface area contributed by atoms with Gasteiger partial charge in [-0.1, -0.05) is 23.8 Å². The first-order valence-electron chi connectivity index (χ1n) is 6.69. The Hall–Kier alpha value is -2.20. The van der Waals surface area contributed by atoms with Crippen molar-refractivity contribution < 1.29 is 4.79 Å². The van der Waals surface area contributed by atoms with Gasteiger partial charge in [0.15, 0.2) is 0 Å². The van der Waals surface area contributed by atoms with Crippen LogP contribution in [-0.4, -0.2) is 17.4 Å². The minimum Gasteiger partial charge on any atom is -0.326 e. The van der Waals surface area contributed by atoms with E-state index in [4.69, 9.17) is 5.73 Å². The second kappa shape index (κ2) is 6.30. The third kappa shape index (κ3) is 3.03. The van der Waals surface area contributed by atoms with Crippen molar-refractivity contribution in [2.45, 2.75) is 20.4 Å². The van der Waals surface area contributed by atoms with Crippen LogP contribution >= 0.6 is 0 Å². The molecule has 0 saturated heterocycles. The quantitative estimate of drug-likeness (QED) is 0.927. The maximum Gasteiger partial charge on any atom is 0.276 e. The first-order chi connectivity index (χ1) is 9.65.